The van der Waals surface area contributed by atoms with Crippen LogP contribution in [0.1, 0.15) is 43.7 Å². The van der Waals surface area contributed by atoms with Crippen molar-refractivity contribution >= 4 is 5.97 Å². The molecule has 0 unspecified atom stereocenters. The number of carbonyl (C=O) groups is 1. The van der Waals surface area contributed by atoms with Crippen molar-refractivity contribution < 1.29 is 14.6 Å². The Morgan fingerprint density at radius 3 is 2.86 bits per heavy atom. The Balaban J connectivity index is 1.86. The molecule has 1 aromatic carbocycles. The second kappa shape index (κ2) is 6.94. The van der Waals surface area contributed by atoms with Crippen LogP contribution in [0.3, 0.4) is 0 Å². The third kappa shape index (κ3) is 3.97. The Bertz CT molecular complexity index is 499. The van der Waals surface area contributed by atoms with Crippen molar-refractivity contribution in [3.05, 3.63) is 29.3 Å². The van der Waals surface area contributed by atoms with Gasteiger partial charge in [0.05, 0.1) is 0 Å². The molecule has 4 nitrogen and oxygen atoms in total. The van der Waals surface area contributed by atoms with Crippen LogP contribution in [0.15, 0.2) is 18.2 Å². The van der Waals surface area contributed by atoms with Crippen LogP contribution < -0.4 is 4.74 Å². The molecule has 0 spiro atoms. The lowest BCUT2D eigenvalue weighted by atomic mass is 9.98. The van der Waals surface area contributed by atoms with Gasteiger partial charge in [-0.05, 0) is 55.5 Å². The minimum Gasteiger partial charge on any atom is -0.492 e. The molecule has 116 valence electrons. The van der Waals surface area contributed by atoms with Gasteiger partial charge in [-0.3, -0.25) is 9.69 Å². The summed E-state index contributed by atoms with van der Waals surface area (Å²) in [6, 6.07) is 5.85. The molecule has 0 bridgehead atoms. The second-order valence-electron chi connectivity index (χ2n) is 6.05. The summed E-state index contributed by atoms with van der Waals surface area (Å²) in [6.07, 6.45) is 1.71. The number of rotatable bonds is 6. The van der Waals surface area contributed by atoms with Crippen molar-refractivity contribution in [1.29, 1.82) is 0 Å². The number of likely N-dealkylation sites (tertiary alicyclic amines) is 1. The highest BCUT2D eigenvalue weighted by atomic mass is 16.5. The van der Waals surface area contributed by atoms with E-state index in [0.717, 1.165) is 25.1 Å². The second-order valence-corrected chi connectivity index (χ2v) is 6.05. The Hall–Kier alpha value is -1.55. The molecule has 0 radical (unpaired) electrons. The molecule has 4 heteroatoms. The molecule has 0 aromatic heterocycles. The Morgan fingerprint density at radius 2 is 2.24 bits per heavy atom. The Morgan fingerprint density at radius 1 is 1.48 bits per heavy atom. The maximum absolute atomic E-state index is 11.1. The average Bonchev–Trinajstić information content (AvgIpc) is 2.87. The first-order chi connectivity index (χ1) is 9.99. The summed E-state index contributed by atoms with van der Waals surface area (Å²) in [7, 11) is 0. The van der Waals surface area contributed by atoms with Gasteiger partial charge in [0.15, 0.2) is 0 Å². The van der Waals surface area contributed by atoms with Crippen molar-refractivity contribution in [3.8, 4) is 5.75 Å². The summed E-state index contributed by atoms with van der Waals surface area (Å²) in [4.78, 5) is 13.1. The van der Waals surface area contributed by atoms with Crippen LogP contribution in [0.5, 0.6) is 5.75 Å². The number of ether oxygens (including phenoxy) is 1. The van der Waals surface area contributed by atoms with E-state index in [1.54, 1.807) is 0 Å². The number of carboxylic acids is 1. The molecule has 1 aliphatic heterocycles. The minimum atomic E-state index is -0.718. The lowest BCUT2D eigenvalue weighted by Crippen LogP contribution is -2.38. The molecular weight excluding hydrogens is 266 g/mol. The van der Waals surface area contributed by atoms with Crippen molar-refractivity contribution in [2.75, 3.05) is 19.7 Å². The van der Waals surface area contributed by atoms with Crippen LogP contribution >= 0.6 is 0 Å². The smallest absolute Gasteiger partial charge is 0.320 e. The molecular formula is C17H25NO3. The molecule has 1 N–H and O–H groups in total. The van der Waals surface area contributed by atoms with Crippen molar-refractivity contribution in [1.82, 2.24) is 4.90 Å². The van der Waals surface area contributed by atoms with Gasteiger partial charge in [-0.1, -0.05) is 19.9 Å². The molecule has 1 aromatic rings. The third-order valence-corrected chi connectivity index (χ3v) is 4.16. The maximum atomic E-state index is 11.1. The van der Waals surface area contributed by atoms with E-state index < -0.39 is 5.97 Å². The van der Waals surface area contributed by atoms with Crippen LogP contribution in [0.2, 0.25) is 0 Å². The fourth-order valence-corrected chi connectivity index (χ4v) is 3.04. The number of hydrogen-bond donors (Lipinski definition) is 1. The summed E-state index contributed by atoms with van der Waals surface area (Å²) in [5.41, 5.74) is 2.58. The first kappa shape index (κ1) is 15.8. The maximum Gasteiger partial charge on any atom is 0.320 e. The zero-order valence-corrected chi connectivity index (χ0v) is 13.1. The quantitative estimate of drug-likeness (QED) is 0.875. The first-order valence-electron chi connectivity index (χ1n) is 7.69. The van der Waals surface area contributed by atoms with Crippen LogP contribution in [0.25, 0.3) is 0 Å². The number of carboxylic acid groups (broad SMARTS) is 1. The van der Waals surface area contributed by atoms with E-state index in [0.29, 0.717) is 19.1 Å². The predicted molar refractivity (Wildman–Crippen MR) is 83.0 cm³/mol. The fourth-order valence-electron chi connectivity index (χ4n) is 3.04. The highest BCUT2D eigenvalue weighted by Gasteiger charge is 2.29. The van der Waals surface area contributed by atoms with Gasteiger partial charge in [0.1, 0.15) is 18.4 Å². The van der Waals surface area contributed by atoms with Gasteiger partial charge in [-0.25, -0.2) is 0 Å². The minimum absolute atomic E-state index is 0.335. The zero-order valence-electron chi connectivity index (χ0n) is 13.1. The monoisotopic (exact) mass is 291 g/mol. The Kier molecular flexibility index (Phi) is 5.23. The normalized spacial score (nSPS) is 19.1. The van der Waals surface area contributed by atoms with Gasteiger partial charge in [0.25, 0.3) is 0 Å². The van der Waals surface area contributed by atoms with Crippen LogP contribution in [0.4, 0.5) is 0 Å². The molecule has 0 amide bonds. The lowest BCUT2D eigenvalue weighted by Gasteiger charge is -2.21. The molecule has 1 heterocycles. The van der Waals surface area contributed by atoms with Gasteiger partial charge in [-0.2, -0.15) is 0 Å². The van der Waals surface area contributed by atoms with Gasteiger partial charge in [0, 0.05) is 6.54 Å². The number of aliphatic carboxylic acids is 1. The first-order valence-corrected chi connectivity index (χ1v) is 7.69. The largest absolute Gasteiger partial charge is 0.492 e. The molecule has 2 rings (SSSR count). The van der Waals surface area contributed by atoms with Crippen molar-refractivity contribution in [2.45, 2.75) is 45.6 Å². The molecule has 1 saturated heterocycles. The number of hydrogen-bond acceptors (Lipinski definition) is 3. The van der Waals surface area contributed by atoms with E-state index in [4.69, 9.17) is 9.84 Å². The average molecular weight is 291 g/mol. The van der Waals surface area contributed by atoms with E-state index in [9.17, 15) is 4.79 Å². The molecule has 1 aliphatic rings. The van der Waals surface area contributed by atoms with E-state index in [-0.39, 0.29) is 6.04 Å². The van der Waals surface area contributed by atoms with E-state index in [1.807, 2.05) is 11.0 Å². The highest BCUT2D eigenvalue weighted by molar-refractivity contribution is 5.73. The zero-order chi connectivity index (χ0) is 15.4. The molecule has 1 atom stereocenters. The summed E-state index contributed by atoms with van der Waals surface area (Å²) >= 11 is 0. The number of nitrogens with zero attached hydrogens (tertiary/aromatic N) is 1. The molecule has 0 aliphatic carbocycles. The van der Waals surface area contributed by atoms with E-state index in [2.05, 4.69) is 32.9 Å². The van der Waals surface area contributed by atoms with Crippen LogP contribution in [-0.2, 0) is 4.79 Å². The van der Waals surface area contributed by atoms with Crippen molar-refractivity contribution in [2.24, 2.45) is 0 Å². The number of benzene rings is 1. The SMILES string of the molecule is Cc1cc(OCCN2CCC[C@@H]2C(=O)O)ccc1C(C)C. The Labute approximate surface area is 126 Å². The van der Waals surface area contributed by atoms with Crippen molar-refractivity contribution in [3.63, 3.8) is 0 Å². The van der Waals surface area contributed by atoms with Crippen LogP contribution in [0, 0.1) is 6.92 Å². The summed E-state index contributed by atoms with van der Waals surface area (Å²) in [5.74, 6) is 0.660. The summed E-state index contributed by atoms with van der Waals surface area (Å²) < 4.78 is 5.78. The van der Waals surface area contributed by atoms with E-state index >= 15 is 0 Å². The topological polar surface area (TPSA) is 49.8 Å². The lowest BCUT2D eigenvalue weighted by molar-refractivity contribution is -0.142. The molecule has 0 saturated carbocycles. The summed E-state index contributed by atoms with van der Waals surface area (Å²) in [5, 5.41) is 9.14. The molecule has 21 heavy (non-hydrogen) atoms. The summed E-state index contributed by atoms with van der Waals surface area (Å²) in [6.45, 7) is 8.52. The van der Waals surface area contributed by atoms with Crippen LogP contribution in [-0.4, -0.2) is 41.7 Å². The van der Waals surface area contributed by atoms with Gasteiger partial charge < -0.3 is 9.84 Å². The third-order valence-electron chi connectivity index (χ3n) is 4.16. The van der Waals surface area contributed by atoms with Gasteiger partial charge in [-0.15, -0.1) is 0 Å². The molecule has 1 fully saturated rings. The predicted octanol–water partition coefficient (Wildman–Crippen LogP) is 3.05. The fraction of sp³-hybridized carbons (Fsp3) is 0.588. The highest BCUT2D eigenvalue weighted by Crippen LogP contribution is 2.23. The van der Waals surface area contributed by atoms with Gasteiger partial charge >= 0.3 is 5.97 Å². The standard InChI is InChI=1S/C17H25NO3/c1-12(2)15-7-6-14(11-13(15)3)21-10-9-18-8-4-5-16(18)17(19)20/h6-7,11-12,16H,4-5,8-10H2,1-3H3,(H,19,20)/t16-/m1/s1. The number of aryl methyl sites for hydroxylation is 1. The van der Waals surface area contributed by atoms with Gasteiger partial charge in [0.2, 0.25) is 0 Å². The van der Waals surface area contributed by atoms with E-state index in [1.165, 1.54) is 11.1 Å².